The van der Waals surface area contributed by atoms with Crippen LogP contribution in [-0.2, 0) is 10.0 Å². The Morgan fingerprint density at radius 3 is 2.12 bits per heavy atom. The molecule has 0 bridgehead atoms. The molecular weight excluding hydrogens is 501 g/mol. The molecule has 1 heterocycles. The second-order valence-electron chi connectivity index (χ2n) is 6.84. The van der Waals surface area contributed by atoms with Crippen molar-refractivity contribution in [2.24, 2.45) is 5.14 Å². The van der Waals surface area contributed by atoms with E-state index in [0.29, 0.717) is 22.8 Å². The van der Waals surface area contributed by atoms with Gasteiger partial charge in [-0.15, -0.1) is 0 Å². The molecule has 0 spiro atoms. The molecule has 4 rings (SSSR count). The minimum absolute atomic E-state index is 0.0231. The molecule has 1 aromatic heterocycles. The molecule has 0 saturated carbocycles. The minimum atomic E-state index is -3.81. The van der Waals surface area contributed by atoms with Crippen LogP contribution in [0.3, 0.4) is 0 Å². The first kappa shape index (κ1) is 23.7. The Morgan fingerprint density at radius 1 is 0.882 bits per heavy atom. The van der Waals surface area contributed by atoms with Crippen molar-refractivity contribution in [1.82, 2.24) is 15.0 Å². The largest absolute Gasteiger partial charge is 0.497 e. The standard InChI is InChI=1S/C22H17Cl2N5O4S/c1-32-15-9-5-13(6-10-15)20-27-21(26-14-7-11-16(12-8-14)34(25,30)31)29-22(28-20)33-19-17(23)3-2-4-18(19)24/h2-12H,1H3,(H2,25,30,31)(H,26,27,28,29). The molecule has 0 unspecified atom stereocenters. The average molecular weight is 518 g/mol. The summed E-state index contributed by atoms with van der Waals surface area (Å²) in [6.45, 7) is 0. The van der Waals surface area contributed by atoms with Crippen LogP contribution in [0.2, 0.25) is 10.0 Å². The fourth-order valence-electron chi connectivity index (χ4n) is 2.86. The Balaban J connectivity index is 1.73. The van der Waals surface area contributed by atoms with Gasteiger partial charge in [-0.05, 0) is 60.7 Å². The van der Waals surface area contributed by atoms with Crippen molar-refractivity contribution in [3.63, 3.8) is 0 Å². The summed E-state index contributed by atoms with van der Waals surface area (Å²) in [5.74, 6) is 1.31. The molecule has 34 heavy (non-hydrogen) atoms. The van der Waals surface area contributed by atoms with E-state index in [9.17, 15) is 8.42 Å². The first-order chi connectivity index (χ1) is 16.2. The van der Waals surface area contributed by atoms with E-state index in [1.165, 1.54) is 24.3 Å². The second-order valence-corrected chi connectivity index (χ2v) is 9.22. The maximum Gasteiger partial charge on any atom is 0.327 e. The first-order valence-corrected chi connectivity index (χ1v) is 12.0. The number of halogens is 2. The third kappa shape index (κ3) is 5.54. The van der Waals surface area contributed by atoms with Crippen LogP contribution < -0.4 is 19.9 Å². The number of sulfonamides is 1. The van der Waals surface area contributed by atoms with E-state index in [0.717, 1.165) is 0 Å². The number of hydrogen-bond acceptors (Lipinski definition) is 8. The molecule has 9 nitrogen and oxygen atoms in total. The molecule has 0 aliphatic carbocycles. The van der Waals surface area contributed by atoms with Crippen LogP contribution in [0.25, 0.3) is 11.4 Å². The van der Waals surface area contributed by atoms with Crippen molar-refractivity contribution < 1.29 is 17.9 Å². The van der Waals surface area contributed by atoms with Gasteiger partial charge in [-0.1, -0.05) is 29.3 Å². The molecule has 0 atom stereocenters. The molecule has 4 aromatic rings. The highest BCUT2D eigenvalue weighted by atomic mass is 35.5. The minimum Gasteiger partial charge on any atom is -0.497 e. The monoisotopic (exact) mass is 517 g/mol. The SMILES string of the molecule is COc1ccc(-c2nc(Nc3ccc(S(N)(=O)=O)cc3)nc(Oc3c(Cl)cccc3Cl)n2)cc1. The number of nitrogens with zero attached hydrogens (tertiary/aromatic N) is 3. The second kappa shape index (κ2) is 9.82. The van der Waals surface area contributed by atoms with E-state index in [4.69, 9.17) is 37.8 Å². The van der Waals surface area contributed by atoms with Crippen molar-refractivity contribution in [3.8, 4) is 28.9 Å². The predicted octanol–water partition coefficient (Wildman–Crippen LogP) is 5.04. The number of methoxy groups -OCH3 is 1. The Morgan fingerprint density at radius 2 is 1.53 bits per heavy atom. The molecule has 0 fully saturated rings. The fourth-order valence-corrected chi connectivity index (χ4v) is 3.85. The zero-order chi connectivity index (χ0) is 24.3. The summed E-state index contributed by atoms with van der Waals surface area (Å²) in [4.78, 5) is 13.1. The van der Waals surface area contributed by atoms with Crippen LogP contribution in [0.1, 0.15) is 0 Å². The summed E-state index contributed by atoms with van der Waals surface area (Å²) >= 11 is 12.4. The predicted molar refractivity (Wildman–Crippen MR) is 129 cm³/mol. The van der Waals surface area contributed by atoms with Crippen molar-refractivity contribution in [3.05, 3.63) is 76.8 Å². The van der Waals surface area contributed by atoms with Gasteiger partial charge in [0.25, 0.3) is 0 Å². The van der Waals surface area contributed by atoms with Gasteiger partial charge in [0.2, 0.25) is 16.0 Å². The van der Waals surface area contributed by atoms with Crippen molar-refractivity contribution >= 4 is 44.9 Å². The van der Waals surface area contributed by atoms with E-state index in [-0.39, 0.29) is 32.6 Å². The molecule has 0 aliphatic rings. The van der Waals surface area contributed by atoms with Crippen molar-refractivity contribution in [2.75, 3.05) is 12.4 Å². The lowest BCUT2D eigenvalue weighted by Crippen LogP contribution is -2.11. The molecule has 0 radical (unpaired) electrons. The van der Waals surface area contributed by atoms with Gasteiger partial charge in [0.1, 0.15) is 5.75 Å². The summed E-state index contributed by atoms with van der Waals surface area (Å²) in [6.07, 6.45) is 0. The Hall–Kier alpha value is -3.44. The van der Waals surface area contributed by atoms with Crippen molar-refractivity contribution in [2.45, 2.75) is 4.90 Å². The van der Waals surface area contributed by atoms with Crippen molar-refractivity contribution in [1.29, 1.82) is 0 Å². The van der Waals surface area contributed by atoms with Gasteiger partial charge in [0.05, 0.1) is 22.1 Å². The normalized spacial score (nSPS) is 11.2. The van der Waals surface area contributed by atoms with Gasteiger partial charge in [0.15, 0.2) is 11.6 Å². The molecule has 174 valence electrons. The number of anilines is 2. The average Bonchev–Trinajstić information content (AvgIpc) is 2.81. The topological polar surface area (TPSA) is 129 Å². The van der Waals surface area contributed by atoms with Gasteiger partial charge in [-0.3, -0.25) is 0 Å². The van der Waals surface area contributed by atoms with Gasteiger partial charge >= 0.3 is 6.01 Å². The quantitative estimate of drug-likeness (QED) is 0.348. The van der Waals surface area contributed by atoms with Crippen LogP contribution in [0.5, 0.6) is 17.5 Å². The van der Waals surface area contributed by atoms with E-state index in [1.54, 1.807) is 49.6 Å². The van der Waals surface area contributed by atoms with E-state index >= 15 is 0 Å². The summed E-state index contributed by atoms with van der Waals surface area (Å²) in [5, 5.41) is 8.72. The van der Waals surface area contributed by atoms with E-state index < -0.39 is 10.0 Å². The zero-order valence-corrected chi connectivity index (χ0v) is 19.9. The fraction of sp³-hybridized carbons (Fsp3) is 0.0455. The maximum atomic E-state index is 11.5. The van der Waals surface area contributed by atoms with Crippen LogP contribution >= 0.6 is 23.2 Å². The number of ether oxygens (including phenoxy) is 2. The molecular formula is C22H17Cl2N5O4S. The molecule has 3 N–H and O–H groups in total. The van der Waals surface area contributed by atoms with Crippen LogP contribution in [-0.4, -0.2) is 30.5 Å². The number of aromatic nitrogens is 3. The van der Waals surface area contributed by atoms with Gasteiger partial charge < -0.3 is 14.8 Å². The summed E-state index contributed by atoms with van der Waals surface area (Å²) in [6, 6.07) is 17.8. The Kier molecular flexibility index (Phi) is 6.85. The number of nitrogens with one attached hydrogen (secondary N) is 1. The molecule has 0 aliphatic heterocycles. The number of primary sulfonamides is 1. The number of para-hydroxylation sites is 1. The lowest BCUT2D eigenvalue weighted by molar-refractivity contribution is 0.415. The van der Waals surface area contributed by atoms with Gasteiger partial charge in [-0.2, -0.15) is 15.0 Å². The third-order valence-electron chi connectivity index (χ3n) is 4.51. The van der Waals surface area contributed by atoms with E-state index in [1.807, 2.05) is 0 Å². The summed E-state index contributed by atoms with van der Waals surface area (Å²) < 4.78 is 34.0. The number of rotatable bonds is 7. The lowest BCUT2D eigenvalue weighted by atomic mass is 10.2. The molecule has 0 saturated heterocycles. The number of nitrogens with two attached hydrogens (primary N) is 1. The van der Waals surface area contributed by atoms with Crippen LogP contribution in [0.15, 0.2) is 71.6 Å². The highest BCUT2D eigenvalue weighted by Crippen LogP contribution is 2.35. The van der Waals surface area contributed by atoms with Gasteiger partial charge in [0, 0.05) is 11.3 Å². The highest BCUT2D eigenvalue weighted by molar-refractivity contribution is 7.89. The number of hydrogen-bond donors (Lipinski definition) is 2. The molecule has 3 aromatic carbocycles. The lowest BCUT2D eigenvalue weighted by Gasteiger charge is -2.12. The Labute approximate surface area is 205 Å². The number of benzene rings is 3. The smallest absolute Gasteiger partial charge is 0.327 e. The summed E-state index contributed by atoms with van der Waals surface area (Å²) in [7, 11) is -2.24. The molecule has 12 heteroatoms. The third-order valence-corrected chi connectivity index (χ3v) is 6.04. The molecule has 0 amide bonds. The van der Waals surface area contributed by atoms with Crippen LogP contribution in [0.4, 0.5) is 11.6 Å². The maximum absolute atomic E-state index is 11.5. The Bertz CT molecular complexity index is 1410. The zero-order valence-electron chi connectivity index (χ0n) is 17.6. The highest BCUT2D eigenvalue weighted by Gasteiger charge is 2.15. The van der Waals surface area contributed by atoms with E-state index in [2.05, 4.69) is 20.3 Å². The van der Waals surface area contributed by atoms with Gasteiger partial charge in [-0.25, -0.2) is 13.6 Å². The first-order valence-electron chi connectivity index (χ1n) is 9.65. The van der Waals surface area contributed by atoms with Crippen LogP contribution in [0, 0.1) is 0 Å². The summed E-state index contributed by atoms with van der Waals surface area (Å²) in [5.41, 5.74) is 1.19.